The molecule has 2 unspecified atom stereocenters. The van der Waals surface area contributed by atoms with Crippen molar-refractivity contribution < 1.29 is 9.53 Å². The van der Waals surface area contributed by atoms with Gasteiger partial charge in [-0.3, -0.25) is 4.79 Å². The summed E-state index contributed by atoms with van der Waals surface area (Å²) in [5.74, 6) is 1.77. The number of halogens is 1. The minimum absolute atomic E-state index is 0.0490. The fourth-order valence-corrected chi connectivity index (χ4v) is 3.51. The van der Waals surface area contributed by atoms with Gasteiger partial charge in [0.1, 0.15) is 6.04 Å². The van der Waals surface area contributed by atoms with Gasteiger partial charge in [0.05, 0.1) is 12.6 Å². The molecule has 110 valence electrons. The van der Waals surface area contributed by atoms with Crippen LogP contribution in [0, 0.1) is 0 Å². The number of thioether (sulfide) groups is 1. The molecular weight excluding hydrogens is 296 g/mol. The summed E-state index contributed by atoms with van der Waals surface area (Å²) in [6, 6.07) is 7.11. The van der Waals surface area contributed by atoms with Crippen LogP contribution in [-0.2, 0) is 9.53 Å². The molecule has 1 saturated heterocycles. The van der Waals surface area contributed by atoms with Crippen LogP contribution < -0.4 is 5.73 Å². The first-order valence-electron chi connectivity index (χ1n) is 6.51. The molecule has 1 aromatic carbocycles. The van der Waals surface area contributed by atoms with E-state index in [1.165, 1.54) is 0 Å². The second kappa shape index (κ2) is 7.31. The quantitative estimate of drug-likeness (QED) is 0.922. The fourth-order valence-electron chi connectivity index (χ4n) is 2.29. The molecule has 2 N–H and O–H groups in total. The smallest absolute Gasteiger partial charge is 0.242 e. The molecule has 1 fully saturated rings. The zero-order valence-electron chi connectivity index (χ0n) is 11.4. The normalized spacial score (nSPS) is 20.8. The molecule has 1 aromatic rings. The first kappa shape index (κ1) is 15.6. The largest absolute Gasteiger partial charge is 0.383 e. The molecule has 1 heterocycles. The average Bonchev–Trinajstić information content (AvgIpc) is 2.47. The lowest BCUT2D eigenvalue weighted by Crippen LogP contribution is -2.50. The summed E-state index contributed by atoms with van der Waals surface area (Å²) in [6.45, 7) is 0.962. The number of ether oxygens (including phenoxy) is 1. The molecule has 1 amide bonds. The van der Waals surface area contributed by atoms with Gasteiger partial charge in [0.2, 0.25) is 5.91 Å². The predicted octanol–water partition coefficient (Wildman–Crippen LogP) is 1.93. The third-order valence-electron chi connectivity index (χ3n) is 3.33. The minimum Gasteiger partial charge on any atom is -0.383 e. The van der Waals surface area contributed by atoms with Gasteiger partial charge in [0.15, 0.2) is 0 Å². The Labute approximate surface area is 128 Å². The maximum Gasteiger partial charge on any atom is 0.242 e. The van der Waals surface area contributed by atoms with Gasteiger partial charge in [-0.1, -0.05) is 23.7 Å². The van der Waals surface area contributed by atoms with Crippen molar-refractivity contribution in [3.8, 4) is 0 Å². The number of amides is 1. The maximum atomic E-state index is 12.4. The standard InChI is InChI=1S/C14H19ClN2O2S/c1-19-8-12(16)14(18)17-6-7-20-9-13(17)10-2-4-11(15)5-3-10/h2-5,12-13H,6-9,16H2,1H3. The van der Waals surface area contributed by atoms with Crippen LogP contribution in [0.1, 0.15) is 11.6 Å². The number of carbonyl (C=O) groups is 1. The van der Waals surface area contributed by atoms with Crippen LogP contribution in [-0.4, -0.2) is 48.6 Å². The summed E-state index contributed by atoms with van der Waals surface area (Å²) >= 11 is 7.77. The predicted molar refractivity (Wildman–Crippen MR) is 83.1 cm³/mol. The SMILES string of the molecule is COCC(N)C(=O)N1CCSCC1c1ccc(Cl)cc1. The van der Waals surface area contributed by atoms with Crippen molar-refractivity contribution in [2.75, 3.05) is 31.8 Å². The molecule has 2 rings (SSSR count). The van der Waals surface area contributed by atoms with Gasteiger partial charge >= 0.3 is 0 Å². The summed E-state index contributed by atoms with van der Waals surface area (Å²) in [7, 11) is 1.55. The van der Waals surface area contributed by atoms with Gasteiger partial charge in [-0.2, -0.15) is 11.8 Å². The van der Waals surface area contributed by atoms with E-state index in [2.05, 4.69) is 0 Å². The van der Waals surface area contributed by atoms with Crippen LogP contribution in [0.2, 0.25) is 5.02 Å². The summed E-state index contributed by atoms with van der Waals surface area (Å²) in [5.41, 5.74) is 6.98. The van der Waals surface area contributed by atoms with Crippen LogP contribution in [0.25, 0.3) is 0 Å². The Balaban J connectivity index is 2.16. The molecule has 1 aliphatic heterocycles. The summed E-state index contributed by atoms with van der Waals surface area (Å²) < 4.78 is 4.98. The molecule has 20 heavy (non-hydrogen) atoms. The Morgan fingerprint density at radius 3 is 2.90 bits per heavy atom. The van der Waals surface area contributed by atoms with Crippen molar-refractivity contribution in [3.05, 3.63) is 34.9 Å². The van der Waals surface area contributed by atoms with Gasteiger partial charge < -0.3 is 15.4 Å². The highest BCUT2D eigenvalue weighted by atomic mass is 35.5. The zero-order chi connectivity index (χ0) is 14.5. The number of carbonyl (C=O) groups excluding carboxylic acids is 1. The number of benzene rings is 1. The molecule has 0 aromatic heterocycles. The highest BCUT2D eigenvalue weighted by Crippen LogP contribution is 2.30. The van der Waals surface area contributed by atoms with Crippen LogP contribution in [0.15, 0.2) is 24.3 Å². The molecule has 0 saturated carbocycles. The topological polar surface area (TPSA) is 55.6 Å². The van der Waals surface area contributed by atoms with Crippen molar-refractivity contribution in [1.29, 1.82) is 0 Å². The third-order valence-corrected chi connectivity index (χ3v) is 4.60. The van der Waals surface area contributed by atoms with Gasteiger partial charge in [-0.05, 0) is 17.7 Å². The van der Waals surface area contributed by atoms with Crippen LogP contribution >= 0.6 is 23.4 Å². The highest BCUT2D eigenvalue weighted by molar-refractivity contribution is 7.99. The van der Waals surface area contributed by atoms with E-state index in [-0.39, 0.29) is 18.6 Å². The Morgan fingerprint density at radius 1 is 1.55 bits per heavy atom. The van der Waals surface area contributed by atoms with Crippen molar-refractivity contribution >= 4 is 29.3 Å². The summed E-state index contributed by atoms with van der Waals surface area (Å²) in [6.07, 6.45) is 0. The van der Waals surface area contributed by atoms with E-state index in [9.17, 15) is 4.79 Å². The Hall–Kier alpha value is -0.750. The van der Waals surface area contributed by atoms with Crippen molar-refractivity contribution in [2.45, 2.75) is 12.1 Å². The number of methoxy groups -OCH3 is 1. The number of hydrogen-bond donors (Lipinski definition) is 1. The lowest BCUT2D eigenvalue weighted by atomic mass is 10.1. The second-order valence-corrected chi connectivity index (χ2v) is 6.32. The molecular formula is C14H19ClN2O2S. The molecule has 0 spiro atoms. The number of nitrogens with two attached hydrogens (primary N) is 1. The second-order valence-electron chi connectivity index (χ2n) is 4.74. The van der Waals surface area contributed by atoms with Gasteiger partial charge in [0.25, 0.3) is 0 Å². The Bertz CT molecular complexity index is 455. The Kier molecular flexibility index (Phi) is 5.72. The number of nitrogens with zero attached hydrogens (tertiary/aromatic N) is 1. The van der Waals surface area contributed by atoms with Crippen molar-refractivity contribution in [3.63, 3.8) is 0 Å². The first-order valence-corrected chi connectivity index (χ1v) is 8.05. The van der Waals surface area contributed by atoms with Gasteiger partial charge in [-0.15, -0.1) is 0 Å². The van der Waals surface area contributed by atoms with Crippen molar-refractivity contribution in [1.82, 2.24) is 4.90 Å². The monoisotopic (exact) mass is 314 g/mol. The molecule has 6 heteroatoms. The first-order chi connectivity index (χ1) is 9.63. The molecule has 0 bridgehead atoms. The van der Waals surface area contributed by atoms with Gasteiger partial charge in [0, 0.05) is 30.2 Å². The van der Waals surface area contributed by atoms with E-state index >= 15 is 0 Å². The minimum atomic E-state index is -0.599. The number of rotatable bonds is 4. The highest BCUT2D eigenvalue weighted by Gasteiger charge is 2.31. The fraction of sp³-hybridized carbons (Fsp3) is 0.500. The van der Waals surface area contributed by atoms with E-state index < -0.39 is 6.04 Å². The van der Waals surface area contributed by atoms with Gasteiger partial charge in [-0.25, -0.2) is 0 Å². The van der Waals surface area contributed by atoms with Crippen LogP contribution in [0.3, 0.4) is 0 Å². The molecule has 1 aliphatic rings. The molecule has 4 nitrogen and oxygen atoms in total. The van der Waals surface area contributed by atoms with E-state index in [1.54, 1.807) is 7.11 Å². The summed E-state index contributed by atoms with van der Waals surface area (Å²) in [5, 5.41) is 0.700. The molecule has 2 atom stereocenters. The maximum absolute atomic E-state index is 12.4. The molecule has 0 aliphatic carbocycles. The van der Waals surface area contributed by atoms with E-state index in [0.717, 1.165) is 17.1 Å². The molecule has 0 radical (unpaired) electrons. The lowest BCUT2D eigenvalue weighted by molar-refractivity contribution is -0.135. The van der Waals surface area contributed by atoms with E-state index in [0.29, 0.717) is 11.6 Å². The van der Waals surface area contributed by atoms with E-state index in [1.807, 2.05) is 40.9 Å². The third kappa shape index (κ3) is 3.67. The lowest BCUT2D eigenvalue weighted by Gasteiger charge is -2.37. The summed E-state index contributed by atoms with van der Waals surface area (Å²) in [4.78, 5) is 14.3. The van der Waals surface area contributed by atoms with Crippen molar-refractivity contribution in [2.24, 2.45) is 5.73 Å². The van der Waals surface area contributed by atoms with Crippen LogP contribution in [0.5, 0.6) is 0 Å². The van der Waals surface area contributed by atoms with E-state index in [4.69, 9.17) is 22.1 Å². The Morgan fingerprint density at radius 2 is 2.25 bits per heavy atom. The van der Waals surface area contributed by atoms with Crippen LogP contribution in [0.4, 0.5) is 0 Å². The zero-order valence-corrected chi connectivity index (χ0v) is 13.0. The number of hydrogen-bond acceptors (Lipinski definition) is 4. The average molecular weight is 315 g/mol.